The predicted molar refractivity (Wildman–Crippen MR) is 85.8 cm³/mol. The van der Waals surface area contributed by atoms with E-state index >= 15 is 0 Å². The lowest BCUT2D eigenvalue weighted by molar-refractivity contribution is -0.264. The van der Waals surface area contributed by atoms with Gasteiger partial charge in [0.15, 0.2) is 0 Å². The van der Waals surface area contributed by atoms with Gasteiger partial charge in [-0.15, -0.1) is 0 Å². The van der Waals surface area contributed by atoms with E-state index in [1.807, 2.05) is 0 Å². The average Bonchev–Trinajstić information content (AvgIpc) is 2.60. The first kappa shape index (κ1) is 19.7. The minimum absolute atomic E-state index is 0.121. The minimum Gasteiger partial charge on any atom is -0.384 e. The van der Waals surface area contributed by atoms with Gasteiger partial charge in [-0.05, 0) is 31.5 Å². The maximum atomic E-state index is 13.5. The fourth-order valence-electron chi connectivity index (χ4n) is 3.09. The summed E-state index contributed by atoms with van der Waals surface area (Å²) in [5.41, 5.74) is -4.34. The number of hydrogen-bond acceptors (Lipinski definition) is 4. The van der Waals surface area contributed by atoms with Crippen LogP contribution in [-0.4, -0.2) is 50.5 Å². The number of aliphatic hydroxyl groups is 1. The Labute approximate surface area is 144 Å². The van der Waals surface area contributed by atoms with Crippen molar-refractivity contribution in [3.8, 4) is 0 Å². The Hall–Kier alpha value is -1.64. The summed E-state index contributed by atoms with van der Waals surface area (Å²) in [6.45, 7) is 0.340. The Balaban J connectivity index is 2.19. The molecule has 0 aromatic heterocycles. The molecule has 1 aliphatic rings. The van der Waals surface area contributed by atoms with Crippen LogP contribution < -0.4 is 10.6 Å². The van der Waals surface area contributed by atoms with Gasteiger partial charge in [0.2, 0.25) is 11.5 Å². The molecule has 1 atom stereocenters. The highest BCUT2D eigenvalue weighted by molar-refractivity contribution is 5.83. The van der Waals surface area contributed by atoms with E-state index < -0.39 is 29.6 Å². The smallest absolute Gasteiger partial charge is 0.384 e. The van der Waals surface area contributed by atoms with E-state index in [-0.39, 0.29) is 12.2 Å². The highest BCUT2D eigenvalue weighted by Crippen LogP contribution is 2.39. The van der Waals surface area contributed by atoms with Crippen LogP contribution in [0.1, 0.15) is 18.4 Å². The summed E-state index contributed by atoms with van der Waals surface area (Å²) < 4.78 is 45.6. The third-order valence-electron chi connectivity index (χ3n) is 4.69. The number of amides is 1. The zero-order valence-electron chi connectivity index (χ0n) is 14.0. The lowest BCUT2D eigenvalue weighted by atomic mass is 9.78. The maximum absolute atomic E-state index is 13.5. The van der Waals surface area contributed by atoms with Crippen LogP contribution in [0.5, 0.6) is 0 Å². The van der Waals surface area contributed by atoms with Crippen molar-refractivity contribution in [2.45, 2.75) is 24.6 Å². The van der Waals surface area contributed by atoms with Crippen LogP contribution in [0.25, 0.3) is 0 Å². The third kappa shape index (κ3) is 4.13. The number of ether oxygens (including phenoxy) is 1. The minimum atomic E-state index is -4.93. The first-order valence-corrected chi connectivity index (χ1v) is 8.08. The molecule has 0 saturated carbocycles. The molecule has 0 spiro atoms. The Bertz CT molecular complexity index is 569. The molecule has 3 N–H and O–H groups in total. The lowest BCUT2D eigenvalue weighted by Gasteiger charge is -2.37. The Kier molecular flexibility index (Phi) is 6.08. The van der Waals surface area contributed by atoms with Crippen LogP contribution in [0.2, 0.25) is 0 Å². The zero-order chi connectivity index (χ0) is 18.6. The second kappa shape index (κ2) is 7.72. The second-order valence-electron chi connectivity index (χ2n) is 6.37. The summed E-state index contributed by atoms with van der Waals surface area (Å²) in [5.74, 6) is -0.533. The first-order valence-electron chi connectivity index (χ1n) is 8.08. The SMILES string of the molecule is COCC1(C(=O)NCC(O)(c2ccccc2)C(F)(F)F)CCNCC1. The number of methoxy groups -OCH3 is 1. The number of halogens is 3. The molecule has 0 aliphatic carbocycles. The van der Waals surface area contributed by atoms with E-state index in [9.17, 15) is 23.1 Å². The molecule has 1 unspecified atom stereocenters. The number of carbonyl (C=O) groups excluding carboxylic acids is 1. The van der Waals surface area contributed by atoms with Gasteiger partial charge in [0.05, 0.1) is 18.6 Å². The summed E-state index contributed by atoms with van der Waals surface area (Å²) in [7, 11) is 1.45. The highest BCUT2D eigenvalue weighted by Gasteiger charge is 2.55. The van der Waals surface area contributed by atoms with Gasteiger partial charge in [-0.25, -0.2) is 0 Å². The summed E-state index contributed by atoms with van der Waals surface area (Å²) in [6.07, 6.45) is -4.00. The maximum Gasteiger partial charge on any atom is 0.423 e. The van der Waals surface area contributed by atoms with Gasteiger partial charge in [0, 0.05) is 7.11 Å². The molecule has 1 aromatic carbocycles. The molecule has 0 bridgehead atoms. The fraction of sp³-hybridized carbons (Fsp3) is 0.588. The van der Waals surface area contributed by atoms with Crippen molar-refractivity contribution < 1.29 is 27.8 Å². The number of nitrogens with one attached hydrogen (secondary N) is 2. The van der Waals surface area contributed by atoms with Crippen molar-refractivity contribution in [2.75, 3.05) is 33.4 Å². The summed E-state index contributed by atoms with van der Waals surface area (Å²) in [6, 6.07) is 6.76. The van der Waals surface area contributed by atoms with Crippen LogP contribution in [0.4, 0.5) is 13.2 Å². The molecule has 1 aromatic rings. The molecule has 2 rings (SSSR count). The van der Waals surface area contributed by atoms with Crippen molar-refractivity contribution in [1.82, 2.24) is 10.6 Å². The number of piperidine rings is 1. The molecule has 1 aliphatic heterocycles. The first-order chi connectivity index (χ1) is 11.8. The normalized spacial score (nSPS) is 19.9. The average molecular weight is 360 g/mol. The van der Waals surface area contributed by atoms with Crippen molar-refractivity contribution in [2.24, 2.45) is 5.41 Å². The fourth-order valence-corrected chi connectivity index (χ4v) is 3.09. The van der Waals surface area contributed by atoms with E-state index in [0.717, 1.165) is 0 Å². The zero-order valence-corrected chi connectivity index (χ0v) is 14.0. The van der Waals surface area contributed by atoms with Gasteiger partial charge >= 0.3 is 6.18 Å². The summed E-state index contributed by atoms with van der Waals surface area (Å²) in [4.78, 5) is 12.6. The molecular weight excluding hydrogens is 337 g/mol. The van der Waals surface area contributed by atoms with Gasteiger partial charge in [0.1, 0.15) is 0 Å². The Morgan fingerprint density at radius 1 is 1.28 bits per heavy atom. The number of benzene rings is 1. The second-order valence-corrected chi connectivity index (χ2v) is 6.37. The van der Waals surface area contributed by atoms with Crippen LogP contribution in [-0.2, 0) is 15.1 Å². The Morgan fingerprint density at radius 3 is 2.40 bits per heavy atom. The standard InChI is InChI=1S/C17H23F3N2O3/c1-25-12-15(7-9-21-10-8-15)14(23)22-11-16(24,17(18,19)20)13-5-3-2-4-6-13/h2-6,21,24H,7-12H2,1H3,(H,22,23). The van der Waals surface area contributed by atoms with Gasteiger partial charge in [-0.3, -0.25) is 4.79 Å². The van der Waals surface area contributed by atoms with Gasteiger partial charge < -0.3 is 20.5 Å². The topological polar surface area (TPSA) is 70.6 Å². The molecule has 140 valence electrons. The van der Waals surface area contributed by atoms with Gasteiger partial charge in [-0.2, -0.15) is 13.2 Å². The number of alkyl halides is 3. The van der Waals surface area contributed by atoms with E-state index in [4.69, 9.17) is 4.74 Å². The molecule has 25 heavy (non-hydrogen) atoms. The predicted octanol–water partition coefficient (Wildman–Crippen LogP) is 1.57. The Morgan fingerprint density at radius 2 is 1.88 bits per heavy atom. The molecule has 5 nitrogen and oxygen atoms in total. The van der Waals surface area contributed by atoms with Gasteiger partial charge in [-0.1, -0.05) is 30.3 Å². The molecule has 1 heterocycles. The van der Waals surface area contributed by atoms with Crippen LogP contribution in [0.3, 0.4) is 0 Å². The molecule has 0 radical (unpaired) electrons. The largest absolute Gasteiger partial charge is 0.423 e. The molecule has 8 heteroatoms. The van der Waals surface area contributed by atoms with Crippen molar-refractivity contribution in [1.29, 1.82) is 0 Å². The van der Waals surface area contributed by atoms with E-state index in [2.05, 4.69) is 10.6 Å². The van der Waals surface area contributed by atoms with Crippen LogP contribution >= 0.6 is 0 Å². The van der Waals surface area contributed by atoms with Crippen LogP contribution in [0, 0.1) is 5.41 Å². The quantitative estimate of drug-likeness (QED) is 0.720. The van der Waals surface area contributed by atoms with Gasteiger partial charge in [0.25, 0.3) is 0 Å². The van der Waals surface area contributed by atoms with E-state index in [1.54, 1.807) is 6.07 Å². The van der Waals surface area contributed by atoms with Crippen molar-refractivity contribution in [3.05, 3.63) is 35.9 Å². The monoisotopic (exact) mass is 360 g/mol. The van der Waals surface area contributed by atoms with Crippen LogP contribution in [0.15, 0.2) is 30.3 Å². The summed E-state index contributed by atoms with van der Waals surface area (Å²) in [5, 5.41) is 15.7. The van der Waals surface area contributed by atoms with E-state index in [0.29, 0.717) is 25.9 Å². The summed E-state index contributed by atoms with van der Waals surface area (Å²) >= 11 is 0. The van der Waals surface area contributed by atoms with E-state index in [1.165, 1.54) is 31.4 Å². The van der Waals surface area contributed by atoms with Crippen molar-refractivity contribution in [3.63, 3.8) is 0 Å². The highest BCUT2D eigenvalue weighted by atomic mass is 19.4. The molecular formula is C17H23F3N2O3. The lowest BCUT2D eigenvalue weighted by Crippen LogP contribution is -2.56. The van der Waals surface area contributed by atoms with Crippen molar-refractivity contribution >= 4 is 5.91 Å². The third-order valence-corrected chi connectivity index (χ3v) is 4.69. The molecule has 1 fully saturated rings. The number of rotatable bonds is 6. The number of carbonyl (C=O) groups is 1. The number of hydrogen-bond donors (Lipinski definition) is 3. The molecule has 1 saturated heterocycles. The molecule has 1 amide bonds.